The Morgan fingerprint density at radius 2 is 2.17 bits per heavy atom. The highest BCUT2D eigenvalue weighted by atomic mass is 32.1. The molecule has 1 amide bonds. The smallest absolute Gasteiger partial charge is 0.286 e. The Morgan fingerprint density at radius 3 is 2.78 bits per heavy atom. The van der Waals surface area contributed by atoms with Gasteiger partial charge in [-0.3, -0.25) is 20.0 Å². The first-order chi connectivity index (χ1) is 11.0. The van der Waals surface area contributed by atoms with Gasteiger partial charge in [0.25, 0.3) is 0 Å². The number of nitrogens with zero attached hydrogens (tertiary/aromatic N) is 4. The molecule has 23 heavy (non-hydrogen) atoms. The third kappa shape index (κ3) is 3.06. The van der Waals surface area contributed by atoms with Gasteiger partial charge in [-0.15, -0.1) is 11.3 Å². The number of rotatable bonds is 3. The number of nitro groups is 1. The van der Waals surface area contributed by atoms with Crippen molar-refractivity contribution in [3.05, 3.63) is 58.2 Å². The third-order valence-corrected chi connectivity index (χ3v) is 3.76. The Bertz CT molecular complexity index is 878. The number of anilines is 1. The number of nitrogens with one attached hydrogen (secondary N) is 1. The molecule has 0 aliphatic carbocycles. The van der Waals surface area contributed by atoms with Crippen LogP contribution in [-0.2, 0) is 0 Å². The van der Waals surface area contributed by atoms with E-state index in [0.717, 1.165) is 15.9 Å². The summed E-state index contributed by atoms with van der Waals surface area (Å²) in [4.78, 5) is 30.7. The van der Waals surface area contributed by atoms with Crippen molar-refractivity contribution in [1.82, 2.24) is 14.5 Å². The zero-order valence-corrected chi connectivity index (χ0v) is 12.2. The van der Waals surface area contributed by atoms with Crippen LogP contribution < -0.4 is 5.32 Å². The molecular weight excluding hydrogens is 325 g/mol. The fraction of sp³-hybridized carbons (Fsp3) is 0. The highest BCUT2D eigenvalue weighted by Crippen LogP contribution is 2.30. The number of thiophene rings is 1. The molecule has 0 bridgehead atoms. The molecule has 0 spiro atoms. The highest BCUT2D eigenvalue weighted by molar-refractivity contribution is 7.13. The number of amides is 1. The van der Waals surface area contributed by atoms with Crippen molar-refractivity contribution >= 4 is 28.9 Å². The maximum absolute atomic E-state index is 13.1. The average molecular weight is 333 g/mol. The Labute approximate surface area is 132 Å². The second kappa shape index (κ2) is 5.93. The molecule has 0 saturated heterocycles. The number of imidazole rings is 1. The van der Waals surface area contributed by atoms with E-state index in [4.69, 9.17) is 0 Å². The SMILES string of the molecule is O=C(Nc1nc(-c2ccc(F)s2)ccc1[N+](=O)[O-])n1ccnc1. The highest BCUT2D eigenvalue weighted by Gasteiger charge is 2.20. The Balaban J connectivity index is 1.98. The number of halogens is 1. The summed E-state index contributed by atoms with van der Waals surface area (Å²) in [6.45, 7) is 0. The van der Waals surface area contributed by atoms with Crippen molar-refractivity contribution in [3.8, 4) is 10.6 Å². The lowest BCUT2D eigenvalue weighted by Gasteiger charge is -2.06. The van der Waals surface area contributed by atoms with E-state index in [1.807, 2.05) is 0 Å². The van der Waals surface area contributed by atoms with Crippen LogP contribution in [0.2, 0.25) is 0 Å². The zero-order chi connectivity index (χ0) is 16.4. The second-order valence-electron chi connectivity index (χ2n) is 4.33. The number of hydrogen-bond acceptors (Lipinski definition) is 6. The molecule has 0 atom stereocenters. The summed E-state index contributed by atoms with van der Waals surface area (Å²) in [6, 6.07) is 4.75. The summed E-state index contributed by atoms with van der Waals surface area (Å²) in [5, 5.41) is 13.0. The van der Waals surface area contributed by atoms with Gasteiger partial charge in [0, 0.05) is 18.5 Å². The standard InChI is InChI=1S/C13H8FN5O3S/c14-11-4-3-10(23-11)8-1-2-9(19(21)22)12(16-8)17-13(20)18-6-5-15-7-18/h1-7H,(H,16,17,20). The minimum atomic E-state index is -0.657. The van der Waals surface area contributed by atoms with Crippen LogP contribution in [0, 0.1) is 15.2 Å². The summed E-state index contributed by atoms with van der Waals surface area (Å²) < 4.78 is 14.2. The van der Waals surface area contributed by atoms with E-state index < -0.39 is 16.1 Å². The topological polar surface area (TPSA) is 103 Å². The molecule has 3 aromatic rings. The van der Waals surface area contributed by atoms with Gasteiger partial charge in [0.2, 0.25) is 5.82 Å². The molecule has 8 nitrogen and oxygen atoms in total. The monoisotopic (exact) mass is 333 g/mol. The van der Waals surface area contributed by atoms with Crippen LogP contribution in [0.25, 0.3) is 10.6 Å². The first kappa shape index (κ1) is 14.8. The van der Waals surface area contributed by atoms with E-state index in [2.05, 4.69) is 15.3 Å². The lowest BCUT2D eigenvalue weighted by Crippen LogP contribution is -2.19. The molecule has 0 saturated carbocycles. The van der Waals surface area contributed by atoms with Crippen LogP contribution in [-0.4, -0.2) is 25.5 Å². The van der Waals surface area contributed by atoms with Gasteiger partial charge in [-0.1, -0.05) is 0 Å². The van der Waals surface area contributed by atoms with Gasteiger partial charge in [-0.25, -0.2) is 14.8 Å². The predicted molar refractivity (Wildman–Crippen MR) is 80.8 cm³/mol. The summed E-state index contributed by atoms with van der Waals surface area (Å²) in [7, 11) is 0. The molecule has 3 rings (SSSR count). The van der Waals surface area contributed by atoms with Gasteiger partial charge < -0.3 is 0 Å². The van der Waals surface area contributed by atoms with Crippen LogP contribution in [0.1, 0.15) is 0 Å². The number of aromatic nitrogens is 3. The Morgan fingerprint density at radius 1 is 1.35 bits per heavy atom. The summed E-state index contributed by atoms with van der Waals surface area (Å²) in [5.74, 6) is -0.222. The minimum Gasteiger partial charge on any atom is -0.286 e. The van der Waals surface area contributed by atoms with E-state index in [1.165, 1.54) is 43.0 Å². The van der Waals surface area contributed by atoms with Gasteiger partial charge in [0.05, 0.1) is 15.5 Å². The summed E-state index contributed by atoms with van der Waals surface area (Å²) in [5.41, 5.74) is -0.0373. The molecule has 0 aliphatic heterocycles. The largest absolute Gasteiger partial charge is 0.332 e. The molecule has 10 heteroatoms. The van der Waals surface area contributed by atoms with Gasteiger partial charge in [-0.05, 0) is 18.2 Å². The van der Waals surface area contributed by atoms with E-state index >= 15 is 0 Å². The van der Waals surface area contributed by atoms with Gasteiger partial charge in [0.1, 0.15) is 6.33 Å². The minimum absolute atomic E-state index is 0.222. The fourth-order valence-electron chi connectivity index (χ4n) is 1.83. The van der Waals surface area contributed by atoms with Crippen LogP contribution in [0.5, 0.6) is 0 Å². The molecule has 3 aromatic heterocycles. The first-order valence-electron chi connectivity index (χ1n) is 6.25. The maximum Gasteiger partial charge on any atom is 0.332 e. The number of hydrogen-bond donors (Lipinski definition) is 1. The van der Waals surface area contributed by atoms with E-state index in [1.54, 1.807) is 0 Å². The van der Waals surface area contributed by atoms with E-state index in [-0.39, 0.29) is 11.5 Å². The van der Waals surface area contributed by atoms with Crippen LogP contribution in [0.4, 0.5) is 20.7 Å². The lowest BCUT2D eigenvalue weighted by atomic mass is 10.3. The Hall–Kier alpha value is -3.14. The van der Waals surface area contributed by atoms with Crippen LogP contribution >= 0.6 is 11.3 Å². The maximum atomic E-state index is 13.1. The second-order valence-corrected chi connectivity index (χ2v) is 5.36. The Kier molecular flexibility index (Phi) is 3.81. The van der Waals surface area contributed by atoms with Gasteiger partial charge >= 0.3 is 11.7 Å². The molecule has 116 valence electrons. The molecule has 0 radical (unpaired) electrons. The summed E-state index contributed by atoms with van der Waals surface area (Å²) in [6.07, 6.45) is 4.03. The summed E-state index contributed by atoms with van der Waals surface area (Å²) >= 11 is 0.854. The third-order valence-electron chi connectivity index (χ3n) is 2.86. The van der Waals surface area contributed by atoms with Gasteiger partial charge in [-0.2, -0.15) is 4.39 Å². The van der Waals surface area contributed by atoms with Crippen molar-refractivity contribution in [2.75, 3.05) is 5.32 Å². The normalized spacial score (nSPS) is 10.5. The van der Waals surface area contributed by atoms with Crippen LogP contribution in [0.15, 0.2) is 43.0 Å². The van der Waals surface area contributed by atoms with Crippen molar-refractivity contribution in [3.63, 3.8) is 0 Å². The van der Waals surface area contributed by atoms with Crippen molar-refractivity contribution < 1.29 is 14.1 Å². The molecule has 0 unspecified atom stereocenters. The molecule has 3 heterocycles. The van der Waals surface area contributed by atoms with Gasteiger partial charge in [0.15, 0.2) is 5.13 Å². The molecular formula is C13H8FN5O3S. The molecule has 0 aliphatic rings. The predicted octanol–water partition coefficient (Wildman–Crippen LogP) is 3.13. The average Bonchev–Trinajstić information content (AvgIpc) is 3.18. The number of pyridine rings is 1. The lowest BCUT2D eigenvalue weighted by molar-refractivity contribution is -0.384. The fourth-order valence-corrected chi connectivity index (χ4v) is 2.53. The van der Waals surface area contributed by atoms with Crippen LogP contribution in [0.3, 0.4) is 0 Å². The van der Waals surface area contributed by atoms with Crippen molar-refractivity contribution in [2.45, 2.75) is 0 Å². The first-order valence-corrected chi connectivity index (χ1v) is 7.06. The molecule has 1 N–H and O–H groups in total. The van der Waals surface area contributed by atoms with Crippen molar-refractivity contribution in [2.24, 2.45) is 0 Å². The number of carbonyl (C=O) groups is 1. The quantitative estimate of drug-likeness (QED) is 0.586. The number of carbonyl (C=O) groups excluding carboxylic acids is 1. The van der Waals surface area contributed by atoms with E-state index in [0.29, 0.717) is 10.6 Å². The van der Waals surface area contributed by atoms with Crippen molar-refractivity contribution in [1.29, 1.82) is 0 Å². The molecule has 0 fully saturated rings. The molecule has 0 aromatic carbocycles. The zero-order valence-electron chi connectivity index (χ0n) is 11.3. The van der Waals surface area contributed by atoms with E-state index in [9.17, 15) is 19.3 Å².